The number of carbonyl (C=O) groups is 2. The molecule has 2 amide bonds. The SMILES string of the molecule is COc1ccc(CCN2C(=O)C(Nc3ccc(C(C)(C)C)cc3)=C(c3ccccc3)C2=O)cc1. The van der Waals surface area contributed by atoms with Crippen LogP contribution in [-0.4, -0.2) is 30.4 Å². The van der Waals surface area contributed by atoms with Gasteiger partial charge in [-0.2, -0.15) is 0 Å². The molecule has 1 aliphatic rings. The molecule has 0 spiro atoms. The summed E-state index contributed by atoms with van der Waals surface area (Å²) in [4.78, 5) is 28.2. The maximum absolute atomic E-state index is 13.4. The number of methoxy groups -OCH3 is 1. The number of amides is 2. The molecule has 5 heteroatoms. The molecule has 0 saturated heterocycles. The molecule has 1 aliphatic heterocycles. The third-order valence-corrected chi connectivity index (χ3v) is 6.03. The van der Waals surface area contributed by atoms with Crippen molar-refractivity contribution in [3.8, 4) is 5.75 Å². The summed E-state index contributed by atoms with van der Waals surface area (Å²) in [6, 6.07) is 25.0. The van der Waals surface area contributed by atoms with Crippen molar-refractivity contribution in [1.82, 2.24) is 4.90 Å². The van der Waals surface area contributed by atoms with Gasteiger partial charge in [0.15, 0.2) is 0 Å². The third kappa shape index (κ3) is 4.88. The van der Waals surface area contributed by atoms with Crippen molar-refractivity contribution in [3.05, 3.63) is 101 Å². The second-order valence-electron chi connectivity index (χ2n) is 9.43. The van der Waals surface area contributed by atoms with Crippen LogP contribution in [0.2, 0.25) is 0 Å². The van der Waals surface area contributed by atoms with Crippen LogP contribution in [0, 0.1) is 0 Å². The first kappa shape index (κ1) is 23.3. The Hall–Kier alpha value is -3.86. The Bertz CT molecular complexity index is 1200. The molecule has 0 bridgehead atoms. The molecule has 0 radical (unpaired) electrons. The average Bonchev–Trinajstić information content (AvgIpc) is 3.07. The van der Waals surface area contributed by atoms with E-state index in [1.165, 1.54) is 10.5 Å². The highest BCUT2D eigenvalue weighted by molar-refractivity contribution is 6.36. The van der Waals surface area contributed by atoms with Crippen molar-refractivity contribution in [2.75, 3.05) is 19.0 Å². The van der Waals surface area contributed by atoms with Gasteiger partial charge in [-0.15, -0.1) is 0 Å². The summed E-state index contributed by atoms with van der Waals surface area (Å²) in [5, 5.41) is 3.24. The van der Waals surface area contributed by atoms with Gasteiger partial charge in [-0.3, -0.25) is 14.5 Å². The van der Waals surface area contributed by atoms with Crippen LogP contribution in [0.1, 0.15) is 37.5 Å². The number of nitrogens with one attached hydrogen (secondary N) is 1. The van der Waals surface area contributed by atoms with E-state index in [4.69, 9.17) is 4.74 Å². The molecule has 0 unspecified atom stereocenters. The van der Waals surface area contributed by atoms with Crippen molar-refractivity contribution >= 4 is 23.1 Å². The van der Waals surface area contributed by atoms with Crippen LogP contribution in [0.15, 0.2) is 84.6 Å². The van der Waals surface area contributed by atoms with Crippen molar-refractivity contribution < 1.29 is 14.3 Å². The maximum atomic E-state index is 13.4. The van der Waals surface area contributed by atoms with Crippen molar-refractivity contribution in [2.24, 2.45) is 0 Å². The van der Waals surface area contributed by atoms with Crippen LogP contribution in [0.3, 0.4) is 0 Å². The Kier molecular flexibility index (Phi) is 6.55. The van der Waals surface area contributed by atoms with Crippen LogP contribution in [0.25, 0.3) is 5.57 Å². The molecule has 1 heterocycles. The van der Waals surface area contributed by atoms with Gasteiger partial charge in [-0.05, 0) is 52.8 Å². The summed E-state index contributed by atoms with van der Waals surface area (Å²) < 4.78 is 5.21. The van der Waals surface area contributed by atoms with Crippen LogP contribution in [0.5, 0.6) is 5.75 Å². The molecule has 0 aromatic heterocycles. The smallest absolute Gasteiger partial charge is 0.278 e. The van der Waals surface area contributed by atoms with Crippen LogP contribution in [-0.2, 0) is 21.4 Å². The van der Waals surface area contributed by atoms with Gasteiger partial charge >= 0.3 is 0 Å². The van der Waals surface area contributed by atoms with Gasteiger partial charge in [0.05, 0.1) is 12.7 Å². The zero-order valence-corrected chi connectivity index (χ0v) is 20.1. The van der Waals surface area contributed by atoms with Gasteiger partial charge in [0.1, 0.15) is 11.4 Å². The fraction of sp³-hybridized carbons (Fsp3) is 0.241. The lowest BCUT2D eigenvalue weighted by atomic mass is 9.87. The standard InChI is InChI=1S/C29H30N2O3/c1-29(2,3)22-12-14-23(15-13-22)30-26-25(21-8-6-5-7-9-21)27(32)31(28(26)33)19-18-20-10-16-24(34-4)17-11-20/h5-17,30H,18-19H2,1-4H3. The van der Waals surface area contributed by atoms with Crippen LogP contribution >= 0.6 is 0 Å². The highest BCUT2D eigenvalue weighted by Gasteiger charge is 2.38. The molecule has 1 N–H and O–H groups in total. The Morgan fingerprint density at radius 2 is 1.47 bits per heavy atom. The minimum absolute atomic E-state index is 0.0321. The largest absolute Gasteiger partial charge is 0.497 e. The Morgan fingerprint density at radius 3 is 2.06 bits per heavy atom. The van der Waals surface area contributed by atoms with Gasteiger partial charge in [0.2, 0.25) is 0 Å². The van der Waals surface area contributed by atoms with Crippen LogP contribution < -0.4 is 10.1 Å². The number of imide groups is 1. The van der Waals surface area contributed by atoms with Crippen molar-refractivity contribution in [3.63, 3.8) is 0 Å². The number of rotatable bonds is 7. The molecule has 34 heavy (non-hydrogen) atoms. The average molecular weight is 455 g/mol. The molecule has 3 aromatic rings. The van der Waals surface area contributed by atoms with E-state index < -0.39 is 0 Å². The second kappa shape index (κ2) is 9.56. The van der Waals surface area contributed by atoms with Gasteiger partial charge in [-0.25, -0.2) is 0 Å². The summed E-state index contributed by atoms with van der Waals surface area (Å²) in [5.41, 5.74) is 4.47. The number of anilines is 1. The summed E-state index contributed by atoms with van der Waals surface area (Å²) in [7, 11) is 1.62. The molecule has 5 nitrogen and oxygen atoms in total. The number of benzene rings is 3. The number of carbonyl (C=O) groups excluding carboxylic acids is 2. The first-order valence-electron chi connectivity index (χ1n) is 11.4. The summed E-state index contributed by atoms with van der Waals surface area (Å²) >= 11 is 0. The van der Waals surface area contributed by atoms with E-state index >= 15 is 0 Å². The Morgan fingerprint density at radius 1 is 0.824 bits per heavy atom. The van der Waals surface area contributed by atoms with Gasteiger partial charge in [-0.1, -0.05) is 75.4 Å². The fourth-order valence-electron chi connectivity index (χ4n) is 4.00. The molecule has 3 aromatic carbocycles. The quantitative estimate of drug-likeness (QED) is 0.484. The molecule has 0 fully saturated rings. The minimum Gasteiger partial charge on any atom is -0.497 e. The lowest BCUT2D eigenvalue weighted by molar-refractivity contribution is -0.136. The summed E-state index contributed by atoms with van der Waals surface area (Å²) in [6.07, 6.45) is 0.567. The summed E-state index contributed by atoms with van der Waals surface area (Å²) in [6.45, 7) is 6.77. The third-order valence-electron chi connectivity index (χ3n) is 6.03. The Balaban J connectivity index is 1.60. The molecule has 0 atom stereocenters. The summed E-state index contributed by atoms with van der Waals surface area (Å²) in [5.74, 6) is 0.185. The predicted octanol–water partition coefficient (Wildman–Crippen LogP) is 5.43. The Labute approximate surface area is 201 Å². The monoisotopic (exact) mass is 454 g/mol. The predicted molar refractivity (Wildman–Crippen MR) is 136 cm³/mol. The van der Waals surface area contributed by atoms with E-state index in [0.717, 1.165) is 22.6 Å². The molecule has 174 valence electrons. The molecule has 0 saturated carbocycles. The molecule has 0 aliphatic carbocycles. The van der Waals surface area contributed by atoms with Crippen LogP contribution in [0.4, 0.5) is 5.69 Å². The van der Waals surface area contributed by atoms with E-state index in [1.54, 1.807) is 7.11 Å². The van der Waals surface area contributed by atoms with E-state index in [2.05, 4.69) is 26.1 Å². The first-order chi connectivity index (χ1) is 16.3. The van der Waals surface area contributed by atoms with Crippen molar-refractivity contribution in [1.29, 1.82) is 0 Å². The first-order valence-corrected chi connectivity index (χ1v) is 11.4. The van der Waals surface area contributed by atoms with E-state index in [1.807, 2.05) is 78.9 Å². The molecule has 4 rings (SSSR count). The normalized spacial score (nSPS) is 14.1. The number of nitrogens with zero attached hydrogens (tertiary/aromatic N) is 1. The maximum Gasteiger partial charge on any atom is 0.278 e. The van der Waals surface area contributed by atoms with E-state index in [0.29, 0.717) is 24.2 Å². The highest BCUT2D eigenvalue weighted by atomic mass is 16.5. The molecular formula is C29H30N2O3. The minimum atomic E-state index is -0.308. The molecular weight excluding hydrogens is 424 g/mol. The topological polar surface area (TPSA) is 58.6 Å². The van der Waals surface area contributed by atoms with Crippen molar-refractivity contribution in [2.45, 2.75) is 32.6 Å². The van der Waals surface area contributed by atoms with E-state index in [9.17, 15) is 9.59 Å². The zero-order chi connectivity index (χ0) is 24.3. The van der Waals surface area contributed by atoms with Gasteiger partial charge < -0.3 is 10.1 Å². The highest BCUT2D eigenvalue weighted by Crippen LogP contribution is 2.31. The van der Waals surface area contributed by atoms with Gasteiger partial charge in [0.25, 0.3) is 11.8 Å². The zero-order valence-electron chi connectivity index (χ0n) is 20.1. The number of ether oxygens (including phenoxy) is 1. The van der Waals surface area contributed by atoms with Gasteiger partial charge in [0, 0.05) is 12.2 Å². The lowest BCUT2D eigenvalue weighted by Crippen LogP contribution is -2.34. The lowest BCUT2D eigenvalue weighted by Gasteiger charge is -2.19. The number of hydrogen-bond donors (Lipinski definition) is 1. The number of hydrogen-bond acceptors (Lipinski definition) is 4. The second-order valence-corrected chi connectivity index (χ2v) is 9.43. The fourth-order valence-corrected chi connectivity index (χ4v) is 4.00. The van der Waals surface area contributed by atoms with E-state index in [-0.39, 0.29) is 17.2 Å².